The third kappa shape index (κ3) is 69.4. The van der Waals surface area contributed by atoms with Crippen LogP contribution in [0.15, 0.2) is 24.3 Å². The second-order valence-corrected chi connectivity index (χ2v) is 26.7. The summed E-state index contributed by atoms with van der Waals surface area (Å²) < 4.78 is 5.51. The highest BCUT2D eigenvalue weighted by Crippen LogP contribution is 2.19. The Hall–Kier alpha value is -1.66. The van der Waals surface area contributed by atoms with Gasteiger partial charge >= 0.3 is 5.97 Å². The van der Waals surface area contributed by atoms with Crippen molar-refractivity contribution in [3.05, 3.63) is 24.3 Å². The Morgan fingerprint density at radius 3 is 0.845 bits per heavy atom. The number of esters is 1. The van der Waals surface area contributed by atoms with Crippen LogP contribution in [0.4, 0.5) is 0 Å². The Balaban J connectivity index is 3.37. The van der Waals surface area contributed by atoms with Gasteiger partial charge in [0, 0.05) is 12.8 Å². The number of carbonyl (C=O) groups excluding carboxylic acids is 2. The quantitative estimate of drug-likeness (QED) is 0.0320. The van der Waals surface area contributed by atoms with E-state index in [4.69, 9.17) is 4.74 Å². The average molecular weight is 1180 g/mol. The largest absolute Gasteiger partial charge is 0.466 e. The Kier molecular flexibility index (Phi) is 72.3. The van der Waals surface area contributed by atoms with Crippen LogP contribution in [0, 0.1) is 0 Å². The van der Waals surface area contributed by atoms with Gasteiger partial charge in [0.05, 0.1) is 25.4 Å². The highest BCUT2D eigenvalue weighted by atomic mass is 16.5. The molecule has 0 bridgehead atoms. The fourth-order valence-electron chi connectivity index (χ4n) is 12.3. The van der Waals surface area contributed by atoms with Crippen LogP contribution in [-0.2, 0) is 14.3 Å². The molecule has 0 saturated carbocycles. The molecule has 0 aliphatic rings. The number of rotatable bonds is 73. The van der Waals surface area contributed by atoms with Gasteiger partial charge in [0.15, 0.2) is 0 Å². The molecule has 498 valence electrons. The van der Waals surface area contributed by atoms with Gasteiger partial charge in [0.2, 0.25) is 5.91 Å². The van der Waals surface area contributed by atoms with Crippen molar-refractivity contribution >= 4 is 11.9 Å². The lowest BCUT2D eigenvalue weighted by Crippen LogP contribution is -2.45. The number of unbranched alkanes of at least 4 members (excludes halogenated alkanes) is 60. The van der Waals surface area contributed by atoms with Gasteiger partial charge in [-0.2, -0.15) is 0 Å². The molecule has 2 atom stereocenters. The van der Waals surface area contributed by atoms with Crippen LogP contribution in [0.2, 0.25) is 0 Å². The van der Waals surface area contributed by atoms with Crippen molar-refractivity contribution in [2.75, 3.05) is 13.2 Å². The van der Waals surface area contributed by atoms with Crippen molar-refractivity contribution in [1.29, 1.82) is 0 Å². The number of amides is 1. The summed E-state index contributed by atoms with van der Waals surface area (Å²) in [6.45, 7) is 4.96. The van der Waals surface area contributed by atoms with E-state index in [1.807, 2.05) is 6.08 Å². The molecule has 1 amide bonds. The van der Waals surface area contributed by atoms with Gasteiger partial charge in [-0.3, -0.25) is 9.59 Å². The smallest absolute Gasteiger partial charge is 0.305 e. The second kappa shape index (κ2) is 73.8. The first-order valence-electron chi connectivity index (χ1n) is 38.6. The molecule has 0 saturated heterocycles. The third-order valence-electron chi connectivity index (χ3n) is 18.2. The number of allylic oxidation sites excluding steroid dienone is 3. The molecular formula is C78H151NO5. The Morgan fingerprint density at radius 1 is 0.321 bits per heavy atom. The minimum absolute atomic E-state index is 0.0218. The molecule has 3 N–H and O–H groups in total. The van der Waals surface area contributed by atoms with Crippen LogP contribution in [0.1, 0.15) is 438 Å². The predicted octanol–water partition coefficient (Wildman–Crippen LogP) is 25.3. The Morgan fingerprint density at radius 2 is 0.560 bits per heavy atom. The van der Waals surface area contributed by atoms with E-state index in [0.29, 0.717) is 19.4 Å². The van der Waals surface area contributed by atoms with Crippen LogP contribution >= 0.6 is 0 Å². The lowest BCUT2D eigenvalue weighted by molar-refractivity contribution is -0.143. The fraction of sp³-hybridized carbons (Fsp3) is 0.923. The van der Waals surface area contributed by atoms with Gasteiger partial charge in [-0.15, -0.1) is 0 Å². The molecule has 0 radical (unpaired) electrons. The van der Waals surface area contributed by atoms with Crippen LogP contribution in [-0.4, -0.2) is 47.4 Å². The maximum absolute atomic E-state index is 12.5. The Labute approximate surface area is 526 Å². The molecule has 0 aromatic heterocycles. The molecule has 0 aromatic carbocycles. The first-order chi connectivity index (χ1) is 41.5. The second-order valence-electron chi connectivity index (χ2n) is 26.7. The molecule has 2 unspecified atom stereocenters. The van der Waals surface area contributed by atoms with Crippen LogP contribution in [0.25, 0.3) is 0 Å². The summed E-state index contributed by atoms with van der Waals surface area (Å²) in [5.74, 6) is -0.0403. The minimum Gasteiger partial charge on any atom is -0.466 e. The summed E-state index contributed by atoms with van der Waals surface area (Å²) in [6.07, 6.45) is 94.3. The van der Waals surface area contributed by atoms with Gasteiger partial charge in [-0.05, 0) is 57.8 Å². The van der Waals surface area contributed by atoms with Gasteiger partial charge in [0.25, 0.3) is 0 Å². The fourth-order valence-corrected chi connectivity index (χ4v) is 12.3. The van der Waals surface area contributed by atoms with Crippen molar-refractivity contribution in [2.24, 2.45) is 0 Å². The SMILES string of the molecule is CCCCCCCCCCCCCCCCCCCC/C=C/C(O)C(CO)NC(=O)CCCCCCCCCCCCCCCC/C=C\CCCCCCCCCCCCCCOC(=O)CCCCCCCCCCCCCCCCCCC. The van der Waals surface area contributed by atoms with Crippen LogP contribution < -0.4 is 5.32 Å². The van der Waals surface area contributed by atoms with Gasteiger partial charge in [-0.25, -0.2) is 0 Å². The van der Waals surface area contributed by atoms with Gasteiger partial charge in [0.1, 0.15) is 0 Å². The number of aliphatic hydroxyl groups excluding tert-OH is 2. The molecule has 6 heteroatoms. The van der Waals surface area contributed by atoms with E-state index in [9.17, 15) is 19.8 Å². The zero-order chi connectivity index (χ0) is 60.6. The summed E-state index contributed by atoms with van der Waals surface area (Å²) >= 11 is 0. The van der Waals surface area contributed by atoms with Crippen molar-refractivity contribution in [2.45, 2.75) is 450 Å². The van der Waals surface area contributed by atoms with Crippen molar-refractivity contribution in [3.63, 3.8) is 0 Å². The van der Waals surface area contributed by atoms with Crippen LogP contribution in [0.5, 0.6) is 0 Å². The molecule has 0 rings (SSSR count). The first-order valence-corrected chi connectivity index (χ1v) is 38.6. The molecule has 0 spiro atoms. The molecule has 6 nitrogen and oxygen atoms in total. The minimum atomic E-state index is -0.844. The number of ether oxygens (including phenoxy) is 1. The molecule has 0 heterocycles. The molecule has 0 aliphatic carbocycles. The van der Waals surface area contributed by atoms with Crippen molar-refractivity contribution < 1.29 is 24.5 Å². The number of hydrogen-bond donors (Lipinski definition) is 3. The lowest BCUT2D eigenvalue weighted by Gasteiger charge is -2.20. The summed E-state index contributed by atoms with van der Waals surface area (Å²) in [5, 5.41) is 23.3. The van der Waals surface area contributed by atoms with E-state index in [-0.39, 0.29) is 18.5 Å². The van der Waals surface area contributed by atoms with Gasteiger partial charge < -0.3 is 20.3 Å². The highest BCUT2D eigenvalue weighted by Gasteiger charge is 2.18. The number of carbonyl (C=O) groups is 2. The summed E-state index contributed by atoms with van der Waals surface area (Å²) in [7, 11) is 0. The monoisotopic (exact) mass is 1180 g/mol. The van der Waals surface area contributed by atoms with Gasteiger partial charge in [-0.1, -0.05) is 391 Å². The van der Waals surface area contributed by atoms with Crippen molar-refractivity contribution in [1.82, 2.24) is 5.32 Å². The highest BCUT2D eigenvalue weighted by molar-refractivity contribution is 5.76. The summed E-state index contributed by atoms with van der Waals surface area (Å²) in [6, 6.07) is -0.627. The average Bonchev–Trinajstić information content (AvgIpc) is 3.51. The zero-order valence-corrected chi connectivity index (χ0v) is 57.2. The maximum atomic E-state index is 12.5. The zero-order valence-electron chi connectivity index (χ0n) is 57.2. The topological polar surface area (TPSA) is 95.9 Å². The predicted molar refractivity (Wildman–Crippen MR) is 370 cm³/mol. The first kappa shape index (κ1) is 82.3. The normalized spacial score (nSPS) is 12.6. The number of hydrogen-bond acceptors (Lipinski definition) is 5. The van der Waals surface area contributed by atoms with E-state index in [1.165, 1.54) is 372 Å². The van der Waals surface area contributed by atoms with E-state index >= 15 is 0 Å². The van der Waals surface area contributed by atoms with E-state index in [2.05, 4.69) is 31.3 Å². The Bertz CT molecular complexity index is 1320. The summed E-state index contributed by atoms with van der Waals surface area (Å²) in [5.41, 5.74) is 0. The number of nitrogens with one attached hydrogen (secondary N) is 1. The molecule has 0 fully saturated rings. The molecule has 0 aromatic rings. The molecular weight excluding hydrogens is 1030 g/mol. The standard InChI is InChI=1S/C78H151NO5/c1-3-5-7-9-11-13-15-17-19-21-22-35-39-42-46-50-54-58-62-66-70-76(81)75(74-80)79-77(82)71-67-63-59-55-51-47-43-40-36-33-31-29-27-25-23-24-26-28-30-32-34-37-41-45-49-53-57-61-65-69-73-84-78(83)72-68-64-60-56-52-48-44-38-20-18-16-14-12-10-8-6-4-2/h24,26,66,70,75-76,80-81H,3-23,25,27-65,67-69,71-74H2,1-2H3,(H,79,82)/b26-24-,70-66+. The molecule has 0 aliphatic heterocycles. The van der Waals surface area contributed by atoms with E-state index in [0.717, 1.165) is 38.5 Å². The third-order valence-corrected chi connectivity index (χ3v) is 18.2. The summed E-state index contributed by atoms with van der Waals surface area (Å²) in [4.78, 5) is 24.6. The van der Waals surface area contributed by atoms with E-state index < -0.39 is 12.1 Å². The molecule has 84 heavy (non-hydrogen) atoms. The van der Waals surface area contributed by atoms with Crippen LogP contribution in [0.3, 0.4) is 0 Å². The van der Waals surface area contributed by atoms with E-state index in [1.54, 1.807) is 6.08 Å². The van der Waals surface area contributed by atoms with Crippen molar-refractivity contribution in [3.8, 4) is 0 Å². The maximum Gasteiger partial charge on any atom is 0.305 e. The number of aliphatic hydroxyl groups is 2. The lowest BCUT2D eigenvalue weighted by atomic mass is 10.0.